The SMILES string of the molecule is Brc1ccc2c(c1)OCCCO2. The molecule has 1 aromatic rings. The minimum absolute atomic E-state index is 0.740. The summed E-state index contributed by atoms with van der Waals surface area (Å²) in [6.45, 7) is 1.48. The number of rotatable bonds is 0. The molecule has 0 fully saturated rings. The van der Waals surface area contributed by atoms with Crippen molar-refractivity contribution in [1.29, 1.82) is 0 Å². The minimum atomic E-state index is 0.740. The summed E-state index contributed by atoms with van der Waals surface area (Å²) in [7, 11) is 0. The van der Waals surface area contributed by atoms with Crippen LogP contribution in [0.25, 0.3) is 0 Å². The lowest BCUT2D eigenvalue weighted by atomic mass is 10.3. The third-order valence-electron chi connectivity index (χ3n) is 1.71. The highest BCUT2D eigenvalue weighted by molar-refractivity contribution is 9.10. The zero-order valence-corrected chi connectivity index (χ0v) is 8.13. The quantitative estimate of drug-likeness (QED) is 0.680. The molecule has 0 radical (unpaired) electrons. The number of fused-ring (bicyclic) bond motifs is 1. The first-order chi connectivity index (χ1) is 5.86. The topological polar surface area (TPSA) is 18.5 Å². The first-order valence-corrected chi connectivity index (χ1v) is 4.71. The first kappa shape index (κ1) is 7.92. The highest BCUT2D eigenvalue weighted by Crippen LogP contribution is 2.31. The Kier molecular flexibility index (Phi) is 2.21. The molecule has 1 heterocycles. The van der Waals surface area contributed by atoms with Gasteiger partial charge in [0.15, 0.2) is 11.5 Å². The standard InChI is InChI=1S/C9H9BrO2/c10-7-2-3-8-9(6-7)12-5-1-4-11-8/h2-3,6H,1,4-5H2. The van der Waals surface area contributed by atoms with E-state index in [-0.39, 0.29) is 0 Å². The Morgan fingerprint density at radius 2 is 1.83 bits per heavy atom. The van der Waals surface area contributed by atoms with Gasteiger partial charge in [-0.05, 0) is 18.2 Å². The van der Waals surface area contributed by atoms with Crippen molar-refractivity contribution >= 4 is 15.9 Å². The lowest BCUT2D eigenvalue weighted by molar-refractivity contribution is 0.297. The Morgan fingerprint density at radius 3 is 2.67 bits per heavy atom. The van der Waals surface area contributed by atoms with Crippen LogP contribution in [0.5, 0.6) is 11.5 Å². The maximum atomic E-state index is 5.47. The molecule has 0 amide bonds. The van der Waals surface area contributed by atoms with Crippen molar-refractivity contribution < 1.29 is 9.47 Å². The van der Waals surface area contributed by atoms with Crippen LogP contribution in [0.1, 0.15) is 6.42 Å². The Labute approximate surface area is 79.6 Å². The molecule has 0 bridgehead atoms. The molecular formula is C9H9BrO2. The molecule has 0 atom stereocenters. The number of hydrogen-bond donors (Lipinski definition) is 0. The Bertz CT molecular complexity index is 286. The number of hydrogen-bond acceptors (Lipinski definition) is 2. The zero-order valence-electron chi connectivity index (χ0n) is 6.55. The van der Waals surface area contributed by atoms with Gasteiger partial charge in [0, 0.05) is 10.9 Å². The fourth-order valence-corrected chi connectivity index (χ4v) is 1.48. The molecule has 1 aliphatic rings. The second kappa shape index (κ2) is 3.35. The molecule has 1 aliphatic heterocycles. The molecule has 0 aromatic heterocycles. The van der Waals surface area contributed by atoms with Crippen LogP contribution in [0.4, 0.5) is 0 Å². The minimum Gasteiger partial charge on any atom is -0.490 e. The van der Waals surface area contributed by atoms with Crippen molar-refractivity contribution in [3.8, 4) is 11.5 Å². The van der Waals surface area contributed by atoms with Gasteiger partial charge in [-0.15, -0.1) is 0 Å². The van der Waals surface area contributed by atoms with E-state index in [1.807, 2.05) is 18.2 Å². The lowest BCUT2D eigenvalue weighted by Gasteiger charge is -2.06. The fraction of sp³-hybridized carbons (Fsp3) is 0.333. The van der Waals surface area contributed by atoms with Gasteiger partial charge in [-0.1, -0.05) is 15.9 Å². The van der Waals surface area contributed by atoms with Crippen molar-refractivity contribution in [3.63, 3.8) is 0 Å². The van der Waals surface area contributed by atoms with Gasteiger partial charge in [-0.3, -0.25) is 0 Å². The van der Waals surface area contributed by atoms with Gasteiger partial charge in [-0.2, -0.15) is 0 Å². The van der Waals surface area contributed by atoms with E-state index in [1.54, 1.807) is 0 Å². The van der Waals surface area contributed by atoms with Crippen LogP contribution in [-0.4, -0.2) is 13.2 Å². The molecule has 2 rings (SSSR count). The highest BCUT2D eigenvalue weighted by atomic mass is 79.9. The Balaban J connectivity index is 2.36. The van der Waals surface area contributed by atoms with Crippen molar-refractivity contribution in [3.05, 3.63) is 22.7 Å². The van der Waals surface area contributed by atoms with Crippen LogP contribution in [0, 0.1) is 0 Å². The Morgan fingerprint density at radius 1 is 1.08 bits per heavy atom. The monoisotopic (exact) mass is 228 g/mol. The molecule has 0 aliphatic carbocycles. The number of ether oxygens (including phenoxy) is 2. The predicted octanol–water partition coefficient (Wildman–Crippen LogP) is 2.61. The lowest BCUT2D eigenvalue weighted by Crippen LogP contribution is -1.97. The van der Waals surface area contributed by atoms with Gasteiger partial charge >= 0.3 is 0 Å². The van der Waals surface area contributed by atoms with Gasteiger partial charge in [0.2, 0.25) is 0 Å². The second-order valence-corrected chi connectivity index (χ2v) is 3.56. The van der Waals surface area contributed by atoms with Crippen molar-refractivity contribution in [1.82, 2.24) is 0 Å². The van der Waals surface area contributed by atoms with E-state index >= 15 is 0 Å². The van der Waals surface area contributed by atoms with E-state index in [4.69, 9.17) is 9.47 Å². The van der Waals surface area contributed by atoms with E-state index in [9.17, 15) is 0 Å². The Hall–Kier alpha value is -0.700. The van der Waals surface area contributed by atoms with Gasteiger partial charge in [-0.25, -0.2) is 0 Å². The summed E-state index contributed by atoms with van der Waals surface area (Å²) in [6.07, 6.45) is 0.951. The van der Waals surface area contributed by atoms with Crippen LogP contribution in [0.3, 0.4) is 0 Å². The summed E-state index contributed by atoms with van der Waals surface area (Å²) >= 11 is 3.38. The summed E-state index contributed by atoms with van der Waals surface area (Å²) in [5, 5.41) is 0. The van der Waals surface area contributed by atoms with Crippen LogP contribution in [0.2, 0.25) is 0 Å². The third-order valence-corrected chi connectivity index (χ3v) is 2.20. The van der Waals surface area contributed by atoms with Gasteiger partial charge in [0.1, 0.15) is 0 Å². The molecular weight excluding hydrogens is 220 g/mol. The molecule has 2 nitrogen and oxygen atoms in total. The zero-order chi connectivity index (χ0) is 8.39. The van der Waals surface area contributed by atoms with Crippen molar-refractivity contribution in [2.24, 2.45) is 0 Å². The van der Waals surface area contributed by atoms with Crippen molar-refractivity contribution in [2.45, 2.75) is 6.42 Å². The summed E-state index contributed by atoms with van der Waals surface area (Å²) in [4.78, 5) is 0. The summed E-state index contributed by atoms with van der Waals surface area (Å²) in [5.74, 6) is 1.68. The van der Waals surface area contributed by atoms with Crippen LogP contribution >= 0.6 is 15.9 Å². The molecule has 0 saturated heterocycles. The normalized spacial score (nSPS) is 15.4. The van der Waals surface area contributed by atoms with E-state index < -0.39 is 0 Å². The van der Waals surface area contributed by atoms with E-state index in [0.717, 1.165) is 35.6 Å². The number of halogens is 1. The molecule has 0 spiro atoms. The molecule has 64 valence electrons. The van der Waals surface area contributed by atoms with E-state index in [1.165, 1.54) is 0 Å². The highest BCUT2D eigenvalue weighted by Gasteiger charge is 2.09. The maximum absolute atomic E-state index is 5.47. The maximum Gasteiger partial charge on any atom is 0.162 e. The van der Waals surface area contributed by atoms with Gasteiger partial charge in [0.25, 0.3) is 0 Å². The largest absolute Gasteiger partial charge is 0.490 e. The van der Waals surface area contributed by atoms with Crippen LogP contribution in [-0.2, 0) is 0 Å². The molecule has 1 aromatic carbocycles. The molecule has 0 saturated carbocycles. The second-order valence-electron chi connectivity index (χ2n) is 2.64. The third kappa shape index (κ3) is 1.55. The first-order valence-electron chi connectivity index (χ1n) is 3.91. The molecule has 12 heavy (non-hydrogen) atoms. The van der Waals surface area contributed by atoms with Gasteiger partial charge < -0.3 is 9.47 Å². The van der Waals surface area contributed by atoms with Crippen LogP contribution in [0.15, 0.2) is 22.7 Å². The van der Waals surface area contributed by atoms with Crippen LogP contribution < -0.4 is 9.47 Å². The van der Waals surface area contributed by atoms with Gasteiger partial charge in [0.05, 0.1) is 13.2 Å². The predicted molar refractivity (Wildman–Crippen MR) is 49.7 cm³/mol. The average molecular weight is 229 g/mol. The number of benzene rings is 1. The van der Waals surface area contributed by atoms with E-state index in [2.05, 4.69) is 15.9 Å². The summed E-state index contributed by atoms with van der Waals surface area (Å²) in [6, 6.07) is 5.80. The smallest absolute Gasteiger partial charge is 0.162 e. The molecule has 0 unspecified atom stereocenters. The summed E-state index contributed by atoms with van der Waals surface area (Å²) in [5.41, 5.74) is 0. The molecule has 0 N–H and O–H groups in total. The van der Waals surface area contributed by atoms with E-state index in [0.29, 0.717) is 0 Å². The van der Waals surface area contributed by atoms with Crippen molar-refractivity contribution in [2.75, 3.05) is 13.2 Å². The average Bonchev–Trinajstić information content (AvgIpc) is 2.28. The fourth-order valence-electron chi connectivity index (χ4n) is 1.14. The summed E-state index contributed by atoms with van der Waals surface area (Å²) < 4.78 is 12.0. The molecule has 3 heteroatoms.